The maximum Gasteiger partial charge on any atom is 0.222 e. The molecule has 2 heterocycles. The van der Waals surface area contributed by atoms with Gasteiger partial charge in [-0.1, -0.05) is 25.7 Å². The number of carbonyl (C=O) groups excluding carboxylic acids is 1. The van der Waals surface area contributed by atoms with Gasteiger partial charge >= 0.3 is 0 Å². The molecule has 144 valence electrons. The number of amides is 1. The van der Waals surface area contributed by atoms with Crippen LogP contribution in [0.25, 0.3) is 0 Å². The number of hydrogen-bond acceptors (Lipinski definition) is 4. The summed E-state index contributed by atoms with van der Waals surface area (Å²) in [6, 6.07) is 0. The molecule has 0 aromatic carbocycles. The Morgan fingerprint density at radius 3 is 2.52 bits per heavy atom. The van der Waals surface area contributed by atoms with Gasteiger partial charge in [-0.3, -0.25) is 4.79 Å². The largest absolute Gasteiger partial charge is 0.396 e. The molecule has 1 amide bonds. The van der Waals surface area contributed by atoms with Gasteiger partial charge in [0.15, 0.2) is 0 Å². The molecular formula is C20H37N3O2. The Hall–Kier alpha value is -0.650. The molecular weight excluding hydrogens is 314 g/mol. The average Bonchev–Trinajstić information content (AvgIpc) is 3.22. The molecule has 2 atom stereocenters. The molecule has 0 spiro atoms. The number of aliphatic hydroxyl groups excluding tert-OH is 1. The molecule has 2 aliphatic heterocycles. The van der Waals surface area contributed by atoms with E-state index in [0.717, 1.165) is 51.6 Å². The van der Waals surface area contributed by atoms with Crippen molar-refractivity contribution in [2.45, 2.75) is 44.9 Å². The lowest BCUT2D eigenvalue weighted by atomic mass is 9.96. The summed E-state index contributed by atoms with van der Waals surface area (Å²) in [4.78, 5) is 19.6. The quantitative estimate of drug-likeness (QED) is 0.791. The molecule has 1 N–H and O–H groups in total. The van der Waals surface area contributed by atoms with Gasteiger partial charge in [0, 0.05) is 51.7 Å². The summed E-state index contributed by atoms with van der Waals surface area (Å²) >= 11 is 0. The monoisotopic (exact) mass is 351 g/mol. The predicted molar refractivity (Wildman–Crippen MR) is 100 cm³/mol. The Kier molecular flexibility index (Phi) is 7.14. The molecule has 0 aromatic heterocycles. The second-order valence-corrected chi connectivity index (χ2v) is 8.65. The summed E-state index contributed by atoms with van der Waals surface area (Å²) in [5.41, 5.74) is 0. The molecule has 5 nitrogen and oxygen atoms in total. The highest BCUT2D eigenvalue weighted by Crippen LogP contribution is 2.30. The number of hydrogen-bond donors (Lipinski definition) is 1. The van der Waals surface area contributed by atoms with Gasteiger partial charge in [0.1, 0.15) is 0 Å². The van der Waals surface area contributed by atoms with E-state index in [9.17, 15) is 9.90 Å². The van der Waals surface area contributed by atoms with Crippen LogP contribution in [-0.4, -0.2) is 85.2 Å². The molecule has 2 saturated heterocycles. The minimum absolute atomic E-state index is 0.213. The number of likely N-dealkylation sites (tertiary alicyclic amines) is 1. The number of carbonyl (C=O) groups is 1. The highest BCUT2D eigenvalue weighted by atomic mass is 16.3. The van der Waals surface area contributed by atoms with Crippen molar-refractivity contribution < 1.29 is 9.90 Å². The van der Waals surface area contributed by atoms with E-state index in [0.29, 0.717) is 18.2 Å². The van der Waals surface area contributed by atoms with Crippen molar-refractivity contribution in [1.29, 1.82) is 0 Å². The lowest BCUT2D eigenvalue weighted by molar-refractivity contribution is -0.130. The SMILES string of the molecule is CN1CCCN(C[C@@H]2CN(C(=O)CCC3CCCC3)C[C@@H]2CO)CC1. The Balaban J connectivity index is 1.46. The fourth-order valence-corrected chi connectivity index (χ4v) is 4.96. The molecule has 0 aromatic rings. The summed E-state index contributed by atoms with van der Waals surface area (Å²) < 4.78 is 0. The number of likely N-dealkylation sites (N-methyl/N-ethyl adjacent to an activating group) is 1. The van der Waals surface area contributed by atoms with Crippen LogP contribution in [0, 0.1) is 17.8 Å². The molecule has 3 fully saturated rings. The van der Waals surface area contributed by atoms with E-state index in [4.69, 9.17) is 0 Å². The summed E-state index contributed by atoms with van der Waals surface area (Å²) in [5.74, 6) is 1.80. The first-order valence-corrected chi connectivity index (χ1v) is 10.4. The molecule has 3 rings (SSSR count). The molecule has 5 heteroatoms. The highest BCUT2D eigenvalue weighted by molar-refractivity contribution is 5.76. The molecule has 1 saturated carbocycles. The van der Waals surface area contributed by atoms with Crippen LogP contribution >= 0.6 is 0 Å². The topological polar surface area (TPSA) is 47.0 Å². The first-order chi connectivity index (χ1) is 12.2. The highest BCUT2D eigenvalue weighted by Gasteiger charge is 2.35. The van der Waals surface area contributed by atoms with Crippen molar-refractivity contribution >= 4 is 5.91 Å². The minimum Gasteiger partial charge on any atom is -0.396 e. The maximum absolute atomic E-state index is 12.6. The zero-order valence-corrected chi connectivity index (χ0v) is 16.0. The lowest BCUT2D eigenvalue weighted by Crippen LogP contribution is -2.36. The third-order valence-corrected chi connectivity index (χ3v) is 6.71. The third kappa shape index (κ3) is 5.41. The van der Waals surface area contributed by atoms with Gasteiger partial charge in [-0.2, -0.15) is 0 Å². The van der Waals surface area contributed by atoms with Crippen LogP contribution in [0.4, 0.5) is 0 Å². The molecule has 25 heavy (non-hydrogen) atoms. The second-order valence-electron chi connectivity index (χ2n) is 8.65. The first kappa shape index (κ1) is 19.1. The zero-order chi connectivity index (χ0) is 17.6. The van der Waals surface area contributed by atoms with Gasteiger partial charge in [-0.15, -0.1) is 0 Å². The van der Waals surface area contributed by atoms with Gasteiger partial charge < -0.3 is 19.8 Å². The maximum atomic E-state index is 12.6. The lowest BCUT2D eigenvalue weighted by Gasteiger charge is -2.26. The standard InChI is InChI=1S/C20H37N3O2/c1-21-9-4-10-22(12-11-21)13-18-14-23(15-19(18)16-24)20(25)8-7-17-5-2-3-6-17/h17-19,24H,2-16H2,1H3/t18-,19-/m1/s1. The van der Waals surface area contributed by atoms with E-state index in [1.165, 1.54) is 38.6 Å². The van der Waals surface area contributed by atoms with E-state index >= 15 is 0 Å². The molecule has 0 bridgehead atoms. The van der Waals surface area contributed by atoms with Crippen LogP contribution in [0.2, 0.25) is 0 Å². The number of aliphatic hydroxyl groups is 1. The smallest absolute Gasteiger partial charge is 0.222 e. The Labute approximate surface area is 153 Å². The van der Waals surface area contributed by atoms with Crippen LogP contribution < -0.4 is 0 Å². The minimum atomic E-state index is 0.213. The van der Waals surface area contributed by atoms with E-state index in [1.807, 2.05) is 4.90 Å². The van der Waals surface area contributed by atoms with E-state index in [1.54, 1.807) is 0 Å². The number of nitrogens with zero attached hydrogens (tertiary/aromatic N) is 3. The second kappa shape index (κ2) is 9.33. The van der Waals surface area contributed by atoms with E-state index in [2.05, 4.69) is 16.8 Å². The van der Waals surface area contributed by atoms with Crippen molar-refractivity contribution in [2.24, 2.45) is 17.8 Å². The van der Waals surface area contributed by atoms with Crippen molar-refractivity contribution in [3.63, 3.8) is 0 Å². The third-order valence-electron chi connectivity index (χ3n) is 6.71. The Morgan fingerprint density at radius 1 is 1.00 bits per heavy atom. The van der Waals surface area contributed by atoms with Crippen LogP contribution in [0.1, 0.15) is 44.9 Å². The molecule has 3 aliphatic rings. The average molecular weight is 352 g/mol. The Bertz CT molecular complexity index is 425. The molecule has 1 aliphatic carbocycles. The van der Waals surface area contributed by atoms with Crippen LogP contribution in [0.5, 0.6) is 0 Å². The summed E-state index contributed by atoms with van der Waals surface area (Å²) in [7, 11) is 2.19. The predicted octanol–water partition coefficient (Wildman–Crippen LogP) is 1.66. The summed E-state index contributed by atoms with van der Waals surface area (Å²) in [6.07, 6.45) is 8.34. The number of rotatable bonds is 6. The van der Waals surface area contributed by atoms with Crippen molar-refractivity contribution in [3.8, 4) is 0 Å². The Morgan fingerprint density at radius 2 is 1.76 bits per heavy atom. The summed E-state index contributed by atoms with van der Waals surface area (Å²) in [6.45, 7) is 7.42. The normalized spacial score (nSPS) is 30.1. The van der Waals surface area contributed by atoms with Crippen LogP contribution in [0.15, 0.2) is 0 Å². The van der Waals surface area contributed by atoms with Gasteiger partial charge in [-0.05, 0) is 44.8 Å². The van der Waals surface area contributed by atoms with Gasteiger partial charge in [-0.25, -0.2) is 0 Å². The first-order valence-electron chi connectivity index (χ1n) is 10.4. The van der Waals surface area contributed by atoms with Gasteiger partial charge in [0.25, 0.3) is 0 Å². The fraction of sp³-hybridized carbons (Fsp3) is 0.950. The van der Waals surface area contributed by atoms with Crippen LogP contribution in [-0.2, 0) is 4.79 Å². The molecule has 0 radical (unpaired) electrons. The molecule has 0 unspecified atom stereocenters. The van der Waals surface area contributed by atoms with Gasteiger partial charge in [0.2, 0.25) is 5.91 Å². The van der Waals surface area contributed by atoms with Gasteiger partial charge in [0.05, 0.1) is 0 Å². The van der Waals surface area contributed by atoms with Crippen LogP contribution in [0.3, 0.4) is 0 Å². The van der Waals surface area contributed by atoms with Crippen molar-refractivity contribution in [3.05, 3.63) is 0 Å². The zero-order valence-electron chi connectivity index (χ0n) is 16.0. The van der Waals surface area contributed by atoms with Crippen molar-refractivity contribution in [2.75, 3.05) is 59.5 Å². The fourth-order valence-electron chi connectivity index (χ4n) is 4.96. The summed E-state index contributed by atoms with van der Waals surface area (Å²) in [5, 5.41) is 9.80. The van der Waals surface area contributed by atoms with Crippen molar-refractivity contribution in [1.82, 2.24) is 14.7 Å². The van der Waals surface area contributed by atoms with E-state index in [-0.39, 0.29) is 12.5 Å². The van der Waals surface area contributed by atoms with E-state index < -0.39 is 0 Å².